The lowest BCUT2D eigenvalue weighted by Crippen LogP contribution is -2.37. The fourth-order valence-electron chi connectivity index (χ4n) is 2.81. The lowest BCUT2D eigenvalue weighted by Gasteiger charge is -2.46. The topological polar surface area (TPSA) is 0 Å². The van der Waals surface area contributed by atoms with E-state index < -0.39 is 0 Å². The zero-order valence-corrected chi connectivity index (χ0v) is 16.9. The number of hydrogen-bond donors (Lipinski definition) is 0. The fourth-order valence-corrected chi connectivity index (χ4v) is 7.74. The van der Waals surface area contributed by atoms with Gasteiger partial charge in [0.1, 0.15) is 0 Å². The van der Waals surface area contributed by atoms with Crippen molar-refractivity contribution in [3.8, 4) is 0 Å². The Labute approximate surface area is 143 Å². The summed E-state index contributed by atoms with van der Waals surface area (Å²) in [6.45, 7) is 7.18. The summed E-state index contributed by atoms with van der Waals surface area (Å²) in [5, 5.41) is 0. The molecule has 0 atom stereocenters. The smallest absolute Gasteiger partial charge is 0.0611 e. The predicted octanol–water partition coefficient (Wildman–Crippen LogP) is 6.65. The molecule has 19 heavy (non-hydrogen) atoms. The van der Waals surface area contributed by atoms with Crippen LogP contribution in [-0.2, 0) is 0 Å². The Hall–Kier alpha value is 1.40. The lowest BCUT2D eigenvalue weighted by molar-refractivity contribution is 0.289. The zero-order valence-electron chi connectivity index (χ0n) is 12.0. The molecule has 0 amide bonds. The molecule has 0 bridgehead atoms. The van der Waals surface area contributed by atoms with E-state index in [2.05, 4.69) is 82.2 Å². The van der Waals surface area contributed by atoms with Crippen molar-refractivity contribution in [2.45, 2.75) is 50.5 Å². The summed E-state index contributed by atoms with van der Waals surface area (Å²) in [5.41, 5.74) is 0.475. The highest BCUT2D eigenvalue weighted by molar-refractivity contribution is 9.28. The van der Waals surface area contributed by atoms with E-state index in [9.17, 15) is 0 Å². The Morgan fingerprint density at radius 1 is 1.11 bits per heavy atom. The quantitative estimate of drug-likeness (QED) is 0.459. The van der Waals surface area contributed by atoms with E-state index in [0.29, 0.717) is 9.49 Å². The number of allylic oxidation sites excluding steroid dienone is 1. The molecule has 1 spiro atoms. The van der Waals surface area contributed by atoms with Crippen molar-refractivity contribution < 1.29 is 0 Å². The Bertz CT molecular complexity index is 325. The summed E-state index contributed by atoms with van der Waals surface area (Å²) in [6.07, 6.45) is 7.80. The Kier molecular flexibility index (Phi) is 5.88. The second-order valence-corrected chi connectivity index (χ2v) is 12.7. The summed E-state index contributed by atoms with van der Waals surface area (Å²) in [7, 11) is 0. The number of hydrogen-bond acceptors (Lipinski definition) is 2. The van der Waals surface area contributed by atoms with Crippen molar-refractivity contribution in [2.24, 2.45) is 17.3 Å². The third kappa shape index (κ3) is 4.69. The maximum atomic E-state index is 3.49. The van der Waals surface area contributed by atoms with Crippen LogP contribution in [0.5, 0.6) is 0 Å². The van der Waals surface area contributed by atoms with Gasteiger partial charge < -0.3 is 0 Å². The summed E-state index contributed by atoms with van der Waals surface area (Å²) < 4.78 is 1.67. The highest BCUT2D eigenvalue weighted by Crippen LogP contribution is 2.55. The molecule has 2 aliphatic rings. The molecule has 1 aliphatic carbocycles. The van der Waals surface area contributed by atoms with Crippen LogP contribution in [0.1, 0.15) is 46.5 Å². The first kappa shape index (κ1) is 16.8. The van der Waals surface area contributed by atoms with Crippen LogP contribution in [0.3, 0.4) is 0 Å². The van der Waals surface area contributed by atoms with E-state index in [1.807, 2.05) is 0 Å². The highest BCUT2D eigenvalue weighted by atomic mass is 79.9. The molecule has 110 valence electrons. The third-order valence-corrected chi connectivity index (χ3v) is 8.72. The van der Waals surface area contributed by atoms with Gasteiger partial charge in [-0.2, -0.15) is 0 Å². The summed E-state index contributed by atoms with van der Waals surface area (Å²) >= 11 is 11.5. The van der Waals surface area contributed by atoms with Crippen LogP contribution in [-0.4, -0.2) is 15.6 Å². The van der Waals surface area contributed by atoms with Gasteiger partial charge in [-0.25, -0.2) is 0 Å². The fraction of sp³-hybridized carbons (Fsp3) is 0.867. The average molecular weight is 428 g/mol. The van der Waals surface area contributed by atoms with Gasteiger partial charge in [0.25, 0.3) is 0 Å². The molecule has 1 aliphatic heterocycles. The molecule has 4 heteroatoms. The minimum atomic E-state index is 0.475. The molecule has 2 rings (SSSR count). The summed E-state index contributed by atoms with van der Waals surface area (Å²) in [5.74, 6) is 4.36. The standard InChI is InChI=1S/C15H24Br2S2/c1-14(2,3)12-9-18-15(19-10-12)6-4-11(5-7-15)8-13(16)17/h8,11-12H,4-7,9-10H2,1-3H3. The molecular formula is C15H24Br2S2. The Morgan fingerprint density at radius 2 is 1.63 bits per heavy atom. The van der Waals surface area contributed by atoms with Gasteiger partial charge in [0, 0.05) is 0 Å². The molecule has 0 aromatic heterocycles. The van der Waals surface area contributed by atoms with E-state index in [1.165, 1.54) is 37.2 Å². The molecule has 2 fully saturated rings. The predicted molar refractivity (Wildman–Crippen MR) is 98.5 cm³/mol. The van der Waals surface area contributed by atoms with Crippen LogP contribution in [0.4, 0.5) is 0 Å². The molecule has 0 aromatic rings. The Morgan fingerprint density at radius 3 is 2.05 bits per heavy atom. The van der Waals surface area contributed by atoms with Gasteiger partial charge in [-0.1, -0.05) is 26.8 Å². The van der Waals surface area contributed by atoms with Crippen molar-refractivity contribution in [2.75, 3.05) is 11.5 Å². The Balaban J connectivity index is 1.87. The van der Waals surface area contributed by atoms with Crippen molar-refractivity contribution >= 4 is 55.4 Å². The van der Waals surface area contributed by atoms with Crippen molar-refractivity contribution in [3.05, 3.63) is 9.47 Å². The van der Waals surface area contributed by atoms with Gasteiger partial charge in [0.2, 0.25) is 0 Å². The zero-order chi connectivity index (χ0) is 14.1. The van der Waals surface area contributed by atoms with Crippen molar-refractivity contribution in [1.82, 2.24) is 0 Å². The highest BCUT2D eigenvalue weighted by Gasteiger charge is 2.41. The van der Waals surface area contributed by atoms with Crippen LogP contribution in [0.15, 0.2) is 9.47 Å². The average Bonchev–Trinajstić information content (AvgIpc) is 2.31. The molecule has 1 saturated heterocycles. The monoisotopic (exact) mass is 426 g/mol. The maximum absolute atomic E-state index is 3.49. The lowest BCUT2D eigenvalue weighted by atomic mass is 9.83. The molecule has 0 radical (unpaired) electrons. The summed E-state index contributed by atoms with van der Waals surface area (Å²) in [4.78, 5) is 0. The van der Waals surface area contributed by atoms with Gasteiger partial charge in [0.15, 0.2) is 0 Å². The van der Waals surface area contributed by atoms with Crippen LogP contribution < -0.4 is 0 Å². The minimum absolute atomic E-state index is 0.475. The van der Waals surface area contributed by atoms with Crippen LogP contribution in [0, 0.1) is 17.3 Å². The second-order valence-electron chi connectivity index (χ2n) is 6.89. The number of halogens is 2. The summed E-state index contributed by atoms with van der Waals surface area (Å²) in [6, 6.07) is 0. The van der Waals surface area contributed by atoms with Gasteiger partial charge >= 0.3 is 0 Å². The molecule has 1 saturated carbocycles. The van der Waals surface area contributed by atoms with E-state index in [1.54, 1.807) is 0 Å². The SMILES string of the molecule is CC(C)(C)C1CSC2(CCC(C=C(Br)Br)CC2)SC1. The van der Waals surface area contributed by atoms with Gasteiger partial charge in [0.05, 0.1) is 7.47 Å². The number of thioether (sulfide) groups is 2. The van der Waals surface area contributed by atoms with E-state index in [0.717, 1.165) is 15.2 Å². The van der Waals surface area contributed by atoms with Gasteiger partial charge in [-0.15, -0.1) is 23.5 Å². The molecular weight excluding hydrogens is 404 g/mol. The van der Waals surface area contributed by atoms with E-state index >= 15 is 0 Å². The second kappa shape index (κ2) is 6.66. The largest absolute Gasteiger partial charge is 0.144 e. The maximum Gasteiger partial charge on any atom is 0.0611 e. The van der Waals surface area contributed by atoms with Crippen LogP contribution >= 0.6 is 55.4 Å². The first-order valence-electron chi connectivity index (χ1n) is 7.11. The van der Waals surface area contributed by atoms with E-state index in [4.69, 9.17) is 0 Å². The molecule has 1 heterocycles. The van der Waals surface area contributed by atoms with Crippen LogP contribution in [0.25, 0.3) is 0 Å². The minimum Gasteiger partial charge on any atom is -0.144 e. The normalized spacial score (nSPS) is 36.3. The van der Waals surface area contributed by atoms with Gasteiger partial charge in [-0.05, 0) is 86.3 Å². The van der Waals surface area contributed by atoms with Crippen LogP contribution in [0.2, 0.25) is 0 Å². The van der Waals surface area contributed by atoms with E-state index in [-0.39, 0.29) is 0 Å². The van der Waals surface area contributed by atoms with Gasteiger partial charge in [-0.3, -0.25) is 0 Å². The molecule has 0 unspecified atom stereocenters. The first-order chi connectivity index (χ1) is 8.81. The van der Waals surface area contributed by atoms with Crippen molar-refractivity contribution in [1.29, 1.82) is 0 Å². The number of rotatable bonds is 1. The van der Waals surface area contributed by atoms with Crippen molar-refractivity contribution in [3.63, 3.8) is 0 Å². The molecule has 0 nitrogen and oxygen atoms in total. The molecule has 0 aromatic carbocycles. The molecule has 0 N–H and O–H groups in total. The first-order valence-corrected chi connectivity index (χ1v) is 10.7. The third-order valence-electron chi connectivity index (χ3n) is 4.47.